The molecule has 0 spiro atoms. The number of hydrogen-bond acceptors (Lipinski definition) is 4. The minimum atomic E-state index is 0.147. The summed E-state index contributed by atoms with van der Waals surface area (Å²) in [6.45, 7) is 0. The zero-order valence-electron chi connectivity index (χ0n) is 8.19. The molecule has 0 amide bonds. The Bertz CT molecular complexity index is 352. The van der Waals surface area contributed by atoms with Gasteiger partial charge < -0.3 is 11.1 Å². The van der Waals surface area contributed by atoms with E-state index in [0.717, 1.165) is 11.5 Å². The lowest BCUT2D eigenvalue weighted by Crippen LogP contribution is -2.03. The van der Waals surface area contributed by atoms with Gasteiger partial charge in [0.1, 0.15) is 0 Å². The molecular weight excluding hydrogens is 226 g/mol. The second-order valence-corrected chi connectivity index (χ2v) is 4.78. The van der Waals surface area contributed by atoms with Gasteiger partial charge in [0, 0.05) is 11.5 Å². The van der Waals surface area contributed by atoms with Crippen molar-refractivity contribution in [1.82, 2.24) is 0 Å². The number of hydrogen-bond donors (Lipinski definition) is 3. The molecule has 1 aromatic rings. The zero-order chi connectivity index (χ0) is 11.1. The van der Waals surface area contributed by atoms with Crippen molar-refractivity contribution in [2.45, 2.75) is 11.5 Å². The molecule has 3 nitrogen and oxygen atoms in total. The Kier molecular flexibility index (Phi) is 5.28. The van der Waals surface area contributed by atoms with Gasteiger partial charge in [-0.2, -0.15) is 0 Å². The fraction of sp³-hybridized carbons (Fsp3) is 0.200. The molecule has 0 aliphatic heterocycles. The molecule has 0 aliphatic rings. The van der Waals surface area contributed by atoms with Gasteiger partial charge in [-0.15, -0.1) is 11.8 Å². The van der Waals surface area contributed by atoms with E-state index < -0.39 is 0 Å². The van der Waals surface area contributed by atoms with Crippen molar-refractivity contribution in [2.75, 3.05) is 0 Å². The third kappa shape index (κ3) is 4.90. The third-order valence-electron chi connectivity index (χ3n) is 1.72. The largest absolute Gasteiger partial charge is 0.379 e. The predicted molar refractivity (Wildman–Crippen MR) is 69.7 cm³/mol. The van der Waals surface area contributed by atoms with Crippen LogP contribution in [0.1, 0.15) is 11.1 Å². The highest BCUT2D eigenvalue weighted by molar-refractivity contribution is 8.13. The van der Waals surface area contributed by atoms with Gasteiger partial charge in [0.05, 0.1) is 5.55 Å². The van der Waals surface area contributed by atoms with Crippen molar-refractivity contribution in [3.8, 4) is 0 Å². The van der Waals surface area contributed by atoms with Crippen molar-refractivity contribution in [1.29, 1.82) is 10.8 Å². The molecule has 0 aromatic heterocycles. The van der Waals surface area contributed by atoms with E-state index in [1.54, 1.807) is 0 Å². The van der Waals surface area contributed by atoms with Crippen LogP contribution in [0.4, 0.5) is 0 Å². The number of rotatable bonds is 5. The fourth-order valence-electron chi connectivity index (χ4n) is 1.11. The zero-order valence-corrected chi connectivity index (χ0v) is 9.83. The van der Waals surface area contributed by atoms with Crippen molar-refractivity contribution in [2.24, 2.45) is 5.73 Å². The third-order valence-corrected chi connectivity index (χ3v) is 3.17. The molecule has 1 rings (SSSR count). The molecular formula is C10H13N3S2. The summed E-state index contributed by atoms with van der Waals surface area (Å²) >= 11 is 2.79. The molecule has 4 N–H and O–H groups in total. The van der Waals surface area contributed by atoms with E-state index in [4.69, 9.17) is 16.6 Å². The lowest BCUT2D eigenvalue weighted by Gasteiger charge is -2.03. The Hall–Kier alpha value is -0.940. The van der Waals surface area contributed by atoms with E-state index in [9.17, 15) is 0 Å². The Morgan fingerprint density at radius 3 is 2.60 bits per heavy atom. The summed E-state index contributed by atoms with van der Waals surface area (Å²) in [6, 6.07) is 8.15. The molecule has 0 fully saturated rings. The van der Waals surface area contributed by atoms with E-state index >= 15 is 0 Å². The minimum absolute atomic E-state index is 0.147. The van der Waals surface area contributed by atoms with Gasteiger partial charge in [-0.25, -0.2) is 0 Å². The highest BCUT2D eigenvalue weighted by Crippen LogP contribution is 2.16. The van der Waals surface area contributed by atoms with Crippen LogP contribution in [0.25, 0.3) is 0 Å². The number of benzene rings is 1. The van der Waals surface area contributed by atoms with Gasteiger partial charge in [-0.1, -0.05) is 36.0 Å². The monoisotopic (exact) mass is 239 g/mol. The molecule has 15 heavy (non-hydrogen) atoms. The van der Waals surface area contributed by atoms with Crippen LogP contribution in [0.2, 0.25) is 0 Å². The molecule has 0 heterocycles. The summed E-state index contributed by atoms with van der Waals surface area (Å²) in [7, 11) is 0. The molecule has 0 unspecified atom stereocenters. The van der Waals surface area contributed by atoms with Gasteiger partial charge in [0.15, 0.2) is 5.17 Å². The standard InChI is InChI=1S/C10H13N3S2/c11-7-14-5-8-2-1-3-9(4-8)6-15-10(12)13/h1-4,7,11H,5-6H2,(H3,12,13). The SMILES string of the molecule is N=CSCc1cccc(CSC(=N)N)c1. The summed E-state index contributed by atoms with van der Waals surface area (Å²) in [5.74, 6) is 1.56. The molecule has 1 aromatic carbocycles. The predicted octanol–water partition coefficient (Wildman–Crippen LogP) is 2.65. The molecule has 5 heteroatoms. The Balaban J connectivity index is 2.57. The first kappa shape index (κ1) is 12.1. The maximum atomic E-state index is 7.11. The quantitative estimate of drug-likeness (QED) is 0.546. The second kappa shape index (κ2) is 6.53. The van der Waals surface area contributed by atoms with Gasteiger partial charge in [0.25, 0.3) is 0 Å². The van der Waals surface area contributed by atoms with Crippen molar-refractivity contribution < 1.29 is 0 Å². The van der Waals surface area contributed by atoms with Crippen molar-refractivity contribution in [3.05, 3.63) is 35.4 Å². The summed E-state index contributed by atoms with van der Waals surface area (Å²) in [5.41, 5.74) is 8.98. The molecule has 0 aliphatic carbocycles. The summed E-state index contributed by atoms with van der Waals surface area (Å²) in [4.78, 5) is 0. The van der Waals surface area contributed by atoms with E-state index in [1.807, 2.05) is 18.2 Å². The summed E-state index contributed by atoms with van der Waals surface area (Å²) < 4.78 is 0. The van der Waals surface area contributed by atoms with Crippen LogP contribution in [-0.2, 0) is 11.5 Å². The molecule has 0 radical (unpaired) electrons. The average Bonchev–Trinajstić information content (AvgIpc) is 2.24. The Morgan fingerprint density at radius 1 is 1.33 bits per heavy atom. The number of amidine groups is 1. The maximum absolute atomic E-state index is 7.11. The lowest BCUT2D eigenvalue weighted by atomic mass is 10.2. The Morgan fingerprint density at radius 2 is 2.00 bits per heavy atom. The Labute approximate surface area is 97.8 Å². The van der Waals surface area contributed by atoms with Crippen LogP contribution in [0.5, 0.6) is 0 Å². The summed E-state index contributed by atoms with van der Waals surface area (Å²) in [5, 5.41) is 14.2. The van der Waals surface area contributed by atoms with E-state index in [-0.39, 0.29) is 5.17 Å². The van der Waals surface area contributed by atoms with Gasteiger partial charge in [-0.05, 0) is 11.1 Å². The van der Waals surface area contributed by atoms with Crippen LogP contribution >= 0.6 is 23.5 Å². The highest BCUT2D eigenvalue weighted by Gasteiger charge is 1.97. The molecule has 0 saturated carbocycles. The van der Waals surface area contributed by atoms with Gasteiger partial charge >= 0.3 is 0 Å². The first-order valence-corrected chi connectivity index (χ1v) is 6.41. The fourth-order valence-corrected chi connectivity index (χ4v) is 2.07. The minimum Gasteiger partial charge on any atom is -0.379 e. The first-order valence-electron chi connectivity index (χ1n) is 4.37. The smallest absolute Gasteiger partial charge is 0.151 e. The number of thioether (sulfide) groups is 2. The van der Waals surface area contributed by atoms with E-state index in [2.05, 4.69) is 6.07 Å². The molecule has 0 saturated heterocycles. The van der Waals surface area contributed by atoms with Crippen LogP contribution in [0, 0.1) is 10.8 Å². The summed E-state index contributed by atoms with van der Waals surface area (Å²) in [6.07, 6.45) is 0. The van der Waals surface area contributed by atoms with Crippen molar-refractivity contribution >= 4 is 34.2 Å². The normalized spacial score (nSPS) is 9.87. The van der Waals surface area contributed by atoms with E-state index in [1.165, 1.54) is 40.2 Å². The van der Waals surface area contributed by atoms with Crippen LogP contribution in [-0.4, -0.2) is 10.7 Å². The molecule has 80 valence electrons. The van der Waals surface area contributed by atoms with Gasteiger partial charge in [-0.3, -0.25) is 5.41 Å². The molecule has 0 bridgehead atoms. The molecule has 0 atom stereocenters. The van der Waals surface area contributed by atoms with Crippen LogP contribution in [0.3, 0.4) is 0 Å². The lowest BCUT2D eigenvalue weighted by molar-refractivity contribution is 1.33. The highest BCUT2D eigenvalue weighted by atomic mass is 32.2. The topological polar surface area (TPSA) is 73.7 Å². The van der Waals surface area contributed by atoms with E-state index in [0.29, 0.717) is 0 Å². The second-order valence-electron chi connectivity index (χ2n) is 2.90. The van der Waals surface area contributed by atoms with Crippen molar-refractivity contribution in [3.63, 3.8) is 0 Å². The average molecular weight is 239 g/mol. The van der Waals surface area contributed by atoms with Crippen LogP contribution < -0.4 is 5.73 Å². The van der Waals surface area contributed by atoms with Gasteiger partial charge in [0.2, 0.25) is 0 Å². The first-order chi connectivity index (χ1) is 7.22. The maximum Gasteiger partial charge on any atom is 0.151 e. The number of nitrogens with one attached hydrogen (secondary N) is 2. The van der Waals surface area contributed by atoms with Crippen LogP contribution in [0.15, 0.2) is 24.3 Å². The number of nitrogens with two attached hydrogens (primary N) is 1.